The number of carbonyl (C=O) groups excluding carboxylic acids is 1. The Balaban J connectivity index is 1.56. The fraction of sp³-hybridized carbons (Fsp3) is 0.480. The van der Waals surface area contributed by atoms with Crippen molar-refractivity contribution in [3.05, 3.63) is 65.2 Å². The molecule has 1 aliphatic heterocycles. The Morgan fingerprint density at radius 1 is 1.12 bits per heavy atom. The van der Waals surface area contributed by atoms with Crippen LogP contribution in [-0.2, 0) is 27.9 Å². The third-order valence-corrected chi connectivity index (χ3v) is 8.31. The van der Waals surface area contributed by atoms with Gasteiger partial charge in [0.15, 0.2) is 0 Å². The molecule has 0 spiro atoms. The summed E-state index contributed by atoms with van der Waals surface area (Å²) in [6.45, 7) is 7.12. The van der Waals surface area contributed by atoms with Gasteiger partial charge in [-0.25, -0.2) is 14.4 Å². The normalized spacial score (nSPS) is 22.0. The lowest BCUT2D eigenvalue weighted by molar-refractivity contribution is 0.141. The van der Waals surface area contributed by atoms with Crippen molar-refractivity contribution in [3.63, 3.8) is 0 Å². The molecule has 2 aromatic rings. The molecule has 0 bridgehead atoms. The van der Waals surface area contributed by atoms with Gasteiger partial charge < -0.3 is 9.26 Å². The van der Waals surface area contributed by atoms with Gasteiger partial charge in [-0.1, -0.05) is 82.5 Å². The van der Waals surface area contributed by atoms with E-state index in [-0.39, 0.29) is 18.1 Å². The molecule has 6 nitrogen and oxygen atoms in total. The first kappa shape index (κ1) is 22.9. The second-order valence-corrected chi connectivity index (χ2v) is 11.7. The lowest BCUT2D eigenvalue weighted by atomic mass is 9.86. The zero-order valence-corrected chi connectivity index (χ0v) is 20.1. The SMILES string of the molecule is CC(C)(C)c1ccc2c(c1)CN(C1CCCCC1)P(=O)(NC(=O)OCc1ccccc1)O2. The molecule has 1 N–H and O–H groups in total. The second kappa shape index (κ2) is 9.29. The predicted molar refractivity (Wildman–Crippen MR) is 126 cm³/mol. The molecule has 1 amide bonds. The fourth-order valence-electron chi connectivity index (χ4n) is 4.39. The molecule has 1 unspecified atom stereocenters. The van der Waals surface area contributed by atoms with E-state index in [4.69, 9.17) is 9.26 Å². The van der Waals surface area contributed by atoms with Gasteiger partial charge in [0.05, 0.1) is 0 Å². The minimum absolute atomic E-state index is 0.00529. The number of rotatable bonds is 4. The van der Waals surface area contributed by atoms with Gasteiger partial charge in [0, 0.05) is 18.2 Å². The van der Waals surface area contributed by atoms with E-state index < -0.39 is 13.8 Å². The van der Waals surface area contributed by atoms with Gasteiger partial charge in [-0.2, -0.15) is 4.67 Å². The number of benzene rings is 2. The second-order valence-electron chi connectivity index (χ2n) is 9.75. The predicted octanol–water partition coefficient (Wildman–Crippen LogP) is 6.55. The average Bonchev–Trinajstić information content (AvgIpc) is 2.77. The van der Waals surface area contributed by atoms with Crippen LogP contribution >= 0.6 is 7.67 Å². The van der Waals surface area contributed by atoms with Gasteiger partial charge in [-0.05, 0) is 35.4 Å². The topological polar surface area (TPSA) is 67.9 Å². The van der Waals surface area contributed by atoms with Gasteiger partial charge in [0.1, 0.15) is 12.4 Å². The third-order valence-electron chi connectivity index (χ3n) is 6.26. The summed E-state index contributed by atoms with van der Waals surface area (Å²) in [5.74, 6) is 0.566. The highest BCUT2D eigenvalue weighted by molar-refractivity contribution is 7.55. The molecule has 0 saturated heterocycles. The van der Waals surface area contributed by atoms with Gasteiger partial charge >= 0.3 is 13.8 Å². The van der Waals surface area contributed by atoms with Crippen molar-refractivity contribution in [3.8, 4) is 5.75 Å². The van der Waals surface area contributed by atoms with E-state index in [2.05, 4.69) is 31.9 Å². The van der Waals surface area contributed by atoms with Crippen molar-refractivity contribution in [1.82, 2.24) is 9.76 Å². The van der Waals surface area contributed by atoms with Crippen molar-refractivity contribution >= 4 is 13.8 Å². The summed E-state index contributed by atoms with van der Waals surface area (Å²) in [4.78, 5) is 12.6. The molecular weight excluding hydrogens is 423 g/mol. The highest BCUT2D eigenvalue weighted by Gasteiger charge is 2.44. The van der Waals surface area contributed by atoms with E-state index >= 15 is 0 Å². The van der Waals surface area contributed by atoms with Crippen LogP contribution in [-0.4, -0.2) is 16.8 Å². The van der Waals surface area contributed by atoms with Gasteiger partial charge in [-0.15, -0.1) is 0 Å². The molecule has 0 radical (unpaired) electrons. The number of carbonyl (C=O) groups is 1. The van der Waals surface area contributed by atoms with E-state index in [9.17, 15) is 9.36 Å². The molecule has 2 aliphatic rings. The van der Waals surface area contributed by atoms with E-state index in [1.165, 1.54) is 12.0 Å². The van der Waals surface area contributed by atoms with Crippen molar-refractivity contribution in [2.45, 2.75) is 77.5 Å². The Bertz CT molecular complexity index is 997. The quantitative estimate of drug-likeness (QED) is 0.529. The summed E-state index contributed by atoms with van der Waals surface area (Å²) in [7, 11) is -3.65. The number of amides is 1. The maximum absolute atomic E-state index is 14.0. The first-order valence-corrected chi connectivity index (χ1v) is 13.0. The van der Waals surface area contributed by atoms with Crippen LogP contribution in [0.25, 0.3) is 0 Å². The largest absolute Gasteiger partial charge is 0.444 e. The standard InChI is InChI=1S/C25H33N2O4P/c1-25(2,3)21-14-15-23-20(16-21)17-27(22-12-8-5-9-13-22)32(29,31-23)26-24(28)30-18-19-10-6-4-7-11-19/h4,6-7,10-11,14-16,22H,5,8-9,12-13,17-18H2,1-3H3,(H,26,28,29). The number of ether oxygens (including phenoxy) is 1. The first-order chi connectivity index (χ1) is 15.2. The van der Waals surface area contributed by atoms with Crippen LogP contribution < -0.4 is 9.61 Å². The lowest BCUT2D eigenvalue weighted by Gasteiger charge is -2.41. The van der Waals surface area contributed by atoms with Gasteiger partial charge in [0.25, 0.3) is 0 Å². The summed E-state index contributed by atoms with van der Waals surface area (Å²) in [6, 6.07) is 15.6. The molecule has 0 aromatic heterocycles. The Morgan fingerprint density at radius 2 is 1.84 bits per heavy atom. The lowest BCUT2D eigenvalue weighted by Crippen LogP contribution is -2.43. The van der Waals surface area contributed by atoms with Crippen molar-refractivity contribution < 1.29 is 18.6 Å². The van der Waals surface area contributed by atoms with Crippen LogP contribution in [0.1, 0.15) is 69.6 Å². The molecule has 1 aliphatic carbocycles. The van der Waals surface area contributed by atoms with Crippen molar-refractivity contribution in [1.29, 1.82) is 0 Å². The molecular formula is C25H33N2O4P. The van der Waals surface area contributed by atoms with Crippen LogP contribution in [0.15, 0.2) is 48.5 Å². The third kappa shape index (κ3) is 5.19. The molecule has 1 atom stereocenters. The van der Waals surface area contributed by atoms with Crippen LogP contribution in [0.2, 0.25) is 0 Å². The van der Waals surface area contributed by atoms with E-state index in [0.717, 1.165) is 36.8 Å². The van der Waals surface area contributed by atoms with Crippen LogP contribution in [0.4, 0.5) is 4.79 Å². The Hall–Kier alpha value is -2.30. The molecule has 7 heteroatoms. The van der Waals surface area contributed by atoms with Gasteiger partial charge in [0.2, 0.25) is 0 Å². The summed E-state index contributed by atoms with van der Waals surface area (Å²) in [6.07, 6.45) is 4.54. The average molecular weight is 457 g/mol. The highest BCUT2D eigenvalue weighted by atomic mass is 31.2. The number of fused-ring (bicyclic) bond motifs is 1. The molecule has 32 heavy (non-hydrogen) atoms. The first-order valence-electron chi connectivity index (χ1n) is 11.4. The van der Waals surface area contributed by atoms with Crippen LogP contribution in [0.5, 0.6) is 5.75 Å². The molecule has 1 fully saturated rings. The van der Waals surface area contributed by atoms with E-state index in [1.54, 1.807) is 0 Å². The molecule has 172 valence electrons. The Kier molecular flexibility index (Phi) is 6.64. The number of hydrogen-bond donors (Lipinski definition) is 1. The molecule has 1 saturated carbocycles. The monoisotopic (exact) mass is 456 g/mol. The highest BCUT2D eigenvalue weighted by Crippen LogP contribution is 2.55. The van der Waals surface area contributed by atoms with Crippen LogP contribution in [0, 0.1) is 0 Å². The maximum atomic E-state index is 14.0. The van der Waals surface area contributed by atoms with Gasteiger partial charge in [-0.3, -0.25) is 0 Å². The summed E-state index contributed by atoms with van der Waals surface area (Å²) >= 11 is 0. The smallest absolute Gasteiger partial charge is 0.425 e. The fourth-order valence-corrected chi connectivity index (χ4v) is 6.41. The maximum Gasteiger partial charge on any atom is 0.425 e. The van der Waals surface area contributed by atoms with E-state index in [1.807, 2.05) is 47.1 Å². The molecule has 4 rings (SSSR count). The minimum atomic E-state index is -3.65. The molecule has 2 aromatic carbocycles. The minimum Gasteiger partial charge on any atom is -0.444 e. The van der Waals surface area contributed by atoms with E-state index in [0.29, 0.717) is 12.3 Å². The number of nitrogens with one attached hydrogen (secondary N) is 1. The zero-order chi connectivity index (χ0) is 22.8. The zero-order valence-electron chi connectivity index (χ0n) is 19.2. The Morgan fingerprint density at radius 3 is 2.53 bits per heavy atom. The van der Waals surface area contributed by atoms with Crippen molar-refractivity contribution in [2.75, 3.05) is 0 Å². The summed E-state index contributed by atoms with van der Waals surface area (Å²) in [5, 5.41) is 2.60. The number of nitrogens with zero attached hydrogens (tertiary/aromatic N) is 1. The number of hydrogen-bond acceptors (Lipinski definition) is 4. The van der Waals surface area contributed by atoms with Crippen LogP contribution in [0.3, 0.4) is 0 Å². The summed E-state index contributed by atoms with van der Waals surface area (Å²) in [5.41, 5.74) is 3.09. The molecule has 1 heterocycles. The summed E-state index contributed by atoms with van der Waals surface area (Å²) < 4.78 is 27.3. The Labute approximate surface area is 190 Å². The van der Waals surface area contributed by atoms with Crippen molar-refractivity contribution in [2.24, 2.45) is 0 Å².